The van der Waals surface area contributed by atoms with Crippen molar-refractivity contribution in [3.05, 3.63) is 69.2 Å². The Balaban J connectivity index is 1.95. The molecule has 0 aliphatic heterocycles. The van der Waals surface area contributed by atoms with Gasteiger partial charge >= 0.3 is 0 Å². The average Bonchev–Trinajstić information content (AvgIpc) is 2.49. The maximum atomic E-state index is 12.1. The summed E-state index contributed by atoms with van der Waals surface area (Å²) in [5.41, 5.74) is 3.19. The lowest BCUT2D eigenvalue weighted by Gasteiger charge is -2.14. The number of amides is 1. The molecule has 0 radical (unpaired) electrons. The number of nitrogens with one attached hydrogen (secondary N) is 1. The molecule has 0 saturated carbocycles. The van der Waals surface area contributed by atoms with Gasteiger partial charge in [0.25, 0.3) is 0 Å². The van der Waals surface area contributed by atoms with Gasteiger partial charge in [0.05, 0.1) is 16.5 Å². The second kappa shape index (κ2) is 8.34. The van der Waals surface area contributed by atoms with E-state index >= 15 is 0 Å². The van der Waals surface area contributed by atoms with E-state index in [-0.39, 0.29) is 12.3 Å². The molecule has 0 atom stereocenters. The van der Waals surface area contributed by atoms with E-state index in [0.29, 0.717) is 16.6 Å². The molecule has 3 nitrogen and oxygen atoms in total. The zero-order chi connectivity index (χ0) is 16.8. The SMILES string of the molecule is CN(C)Cc1ccccc1CNC(=O)Cc1ccc(Cl)c(Cl)c1. The second-order valence-electron chi connectivity index (χ2n) is 5.71. The molecule has 0 aliphatic carbocycles. The third kappa shape index (κ3) is 5.54. The second-order valence-corrected chi connectivity index (χ2v) is 6.52. The Morgan fingerprint density at radius 3 is 2.39 bits per heavy atom. The third-order valence-electron chi connectivity index (χ3n) is 3.43. The van der Waals surface area contributed by atoms with Gasteiger partial charge in [-0.1, -0.05) is 53.5 Å². The Morgan fingerprint density at radius 2 is 1.74 bits per heavy atom. The Kier molecular flexibility index (Phi) is 6.46. The van der Waals surface area contributed by atoms with E-state index in [2.05, 4.69) is 16.3 Å². The summed E-state index contributed by atoms with van der Waals surface area (Å²) in [5, 5.41) is 3.92. The van der Waals surface area contributed by atoms with Gasteiger partial charge in [-0.05, 0) is 42.9 Å². The quantitative estimate of drug-likeness (QED) is 0.856. The first-order valence-corrected chi connectivity index (χ1v) is 8.13. The number of halogens is 2. The molecule has 0 aromatic heterocycles. The van der Waals surface area contributed by atoms with Gasteiger partial charge in [-0.25, -0.2) is 0 Å². The van der Waals surface area contributed by atoms with E-state index in [0.717, 1.165) is 17.7 Å². The summed E-state index contributed by atoms with van der Waals surface area (Å²) < 4.78 is 0. The van der Waals surface area contributed by atoms with E-state index in [4.69, 9.17) is 23.2 Å². The van der Waals surface area contributed by atoms with Gasteiger partial charge in [0.2, 0.25) is 5.91 Å². The predicted octanol–water partition coefficient (Wildman–Crippen LogP) is 3.91. The van der Waals surface area contributed by atoms with Crippen molar-refractivity contribution < 1.29 is 4.79 Å². The summed E-state index contributed by atoms with van der Waals surface area (Å²) in [4.78, 5) is 14.2. The normalized spacial score (nSPS) is 10.8. The van der Waals surface area contributed by atoms with Crippen molar-refractivity contribution in [2.24, 2.45) is 0 Å². The summed E-state index contributed by atoms with van der Waals surface area (Å²) in [6.45, 7) is 1.36. The van der Waals surface area contributed by atoms with Crippen molar-refractivity contribution in [3.63, 3.8) is 0 Å². The van der Waals surface area contributed by atoms with Crippen molar-refractivity contribution >= 4 is 29.1 Å². The fourth-order valence-corrected chi connectivity index (χ4v) is 2.64. The Hall–Kier alpha value is -1.55. The number of rotatable bonds is 6. The number of carbonyl (C=O) groups is 1. The van der Waals surface area contributed by atoms with Crippen molar-refractivity contribution in [2.75, 3.05) is 14.1 Å². The highest BCUT2D eigenvalue weighted by Crippen LogP contribution is 2.22. The molecular formula is C18H20Cl2N2O. The molecule has 0 bridgehead atoms. The van der Waals surface area contributed by atoms with Crippen LogP contribution < -0.4 is 5.32 Å². The third-order valence-corrected chi connectivity index (χ3v) is 4.17. The first kappa shape index (κ1) is 17.8. The van der Waals surface area contributed by atoms with Gasteiger partial charge in [0.1, 0.15) is 0 Å². The fraction of sp³-hybridized carbons (Fsp3) is 0.278. The highest BCUT2D eigenvalue weighted by molar-refractivity contribution is 6.42. The highest BCUT2D eigenvalue weighted by Gasteiger charge is 2.08. The zero-order valence-electron chi connectivity index (χ0n) is 13.3. The first-order chi connectivity index (χ1) is 11.0. The largest absolute Gasteiger partial charge is 0.352 e. The van der Waals surface area contributed by atoms with Gasteiger partial charge in [-0.2, -0.15) is 0 Å². The van der Waals surface area contributed by atoms with Gasteiger partial charge in [0, 0.05) is 13.1 Å². The number of nitrogens with zero attached hydrogens (tertiary/aromatic N) is 1. The van der Waals surface area contributed by atoms with Crippen LogP contribution in [-0.2, 0) is 24.3 Å². The van der Waals surface area contributed by atoms with Crippen LogP contribution in [0.15, 0.2) is 42.5 Å². The van der Waals surface area contributed by atoms with Gasteiger partial charge in [-0.3, -0.25) is 4.79 Å². The molecule has 122 valence electrons. The van der Waals surface area contributed by atoms with Crippen LogP contribution >= 0.6 is 23.2 Å². The number of hydrogen-bond acceptors (Lipinski definition) is 2. The molecule has 5 heteroatoms. The molecule has 2 rings (SSSR count). The van der Waals surface area contributed by atoms with Crippen molar-refractivity contribution in [3.8, 4) is 0 Å². The van der Waals surface area contributed by atoms with Crippen LogP contribution in [0.25, 0.3) is 0 Å². The molecule has 0 fully saturated rings. The molecule has 0 unspecified atom stereocenters. The van der Waals surface area contributed by atoms with Crippen LogP contribution in [0.5, 0.6) is 0 Å². The molecule has 0 heterocycles. The fourth-order valence-electron chi connectivity index (χ4n) is 2.32. The summed E-state index contributed by atoms with van der Waals surface area (Å²) in [7, 11) is 4.05. The molecule has 0 saturated heterocycles. The van der Waals surface area contributed by atoms with Gasteiger partial charge < -0.3 is 10.2 Å². The van der Waals surface area contributed by atoms with Crippen LogP contribution in [0.3, 0.4) is 0 Å². The van der Waals surface area contributed by atoms with Crippen molar-refractivity contribution in [1.29, 1.82) is 0 Å². The van der Waals surface area contributed by atoms with E-state index in [9.17, 15) is 4.79 Å². The minimum absolute atomic E-state index is 0.0388. The molecule has 1 N–H and O–H groups in total. The summed E-state index contributed by atoms with van der Waals surface area (Å²) in [5.74, 6) is -0.0388. The molecule has 23 heavy (non-hydrogen) atoms. The molecule has 0 spiro atoms. The Bertz CT molecular complexity index is 686. The minimum atomic E-state index is -0.0388. The average molecular weight is 351 g/mol. The lowest BCUT2D eigenvalue weighted by molar-refractivity contribution is -0.120. The van der Waals surface area contributed by atoms with Crippen LogP contribution in [-0.4, -0.2) is 24.9 Å². The zero-order valence-corrected chi connectivity index (χ0v) is 14.8. The maximum Gasteiger partial charge on any atom is 0.224 e. The van der Waals surface area contributed by atoms with Crippen molar-refractivity contribution in [1.82, 2.24) is 10.2 Å². The number of carbonyl (C=O) groups excluding carboxylic acids is 1. The van der Waals surface area contributed by atoms with Crippen LogP contribution in [0.4, 0.5) is 0 Å². The van der Waals surface area contributed by atoms with E-state index in [1.807, 2.05) is 38.4 Å². The highest BCUT2D eigenvalue weighted by atomic mass is 35.5. The summed E-state index contributed by atoms with van der Waals surface area (Å²) in [6.07, 6.45) is 0.284. The van der Waals surface area contributed by atoms with E-state index in [1.54, 1.807) is 12.1 Å². The summed E-state index contributed by atoms with van der Waals surface area (Å²) in [6, 6.07) is 13.4. The lowest BCUT2D eigenvalue weighted by Crippen LogP contribution is -2.25. The van der Waals surface area contributed by atoms with Gasteiger partial charge in [-0.15, -0.1) is 0 Å². The standard InChI is InChI=1S/C18H20Cl2N2O/c1-22(2)12-15-6-4-3-5-14(15)11-21-18(23)10-13-7-8-16(19)17(20)9-13/h3-9H,10-12H2,1-2H3,(H,21,23). The maximum absolute atomic E-state index is 12.1. The monoisotopic (exact) mass is 350 g/mol. The lowest BCUT2D eigenvalue weighted by atomic mass is 10.1. The Morgan fingerprint density at radius 1 is 1.04 bits per heavy atom. The van der Waals surface area contributed by atoms with Crippen LogP contribution in [0.1, 0.15) is 16.7 Å². The van der Waals surface area contributed by atoms with Crippen LogP contribution in [0.2, 0.25) is 10.0 Å². The topological polar surface area (TPSA) is 32.3 Å². The number of benzene rings is 2. The summed E-state index contributed by atoms with van der Waals surface area (Å²) >= 11 is 11.9. The van der Waals surface area contributed by atoms with Crippen LogP contribution in [0, 0.1) is 0 Å². The van der Waals surface area contributed by atoms with Gasteiger partial charge in [0.15, 0.2) is 0 Å². The Labute approximate surface area is 147 Å². The molecule has 1 amide bonds. The molecule has 2 aromatic rings. The molecule has 2 aromatic carbocycles. The van der Waals surface area contributed by atoms with Crippen molar-refractivity contribution in [2.45, 2.75) is 19.5 Å². The number of hydrogen-bond donors (Lipinski definition) is 1. The first-order valence-electron chi connectivity index (χ1n) is 7.38. The molecule has 0 aliphatic rings. The molecular weight excluding hydrogens is 331 g/mol. The smallest absolute Gasteiger partial charge is 0.224 e. The minimum Gasteiger partial charge on any atom is -0.352 e. The van der Waals surface area contributed by atoms with E-state index in [1.165, 1.54) is 5.56 Å². The van der Waals surface area contributed by atoms with E-state index < -0.39 is 0 Å². The predicted molar refractivity (Wildman–Crippen MR) is 95.8 cm³/mol.